The number of rotatable bonds is 7. The van der Waals surface area contributed by atoms with Gasteiger partial charge in [-0.25, -0.2) is 10.2 Å². The molecule has 0 atom stereocenters. The van der Waals surface area contributed by atoms with Crippen molar-refractivity contribution in [3.05, 3.63) is 53.1 Å². The molecule has 0 aromatic heterocycles. The number of benzene rings is 2. The molecule has 2 aromatic carbocycles. The van der Waals surface area contributed by atoms with E-state index in [2.05, 4.69) is 15.3 Å². The Morgan fingerprint density at radius 1 is 0.889 bits per heavy atom. The van der Waals surface area contributed by atoms with E-state index >= 15 is 0 Å². The number of carbonyl (C=O) groups excluding carboxylic acids is 2. The van der Waals surface area contributed by atoms with E-state index < -0.39 is 11.9 Å². The topological polar surface area (TPSA) is 95.5 Å². The first-order valence-corrected chi connectivity index (χ1v) is 7.85. The van der Waals surface area contributed by atoms with E-state index in [1.165, 1.54) is 46.8 Å². The van der Waals surface area contributed by atoms with E-state index in [0.29, 0.717) is 33.9 Å². The normalized spacial score (nSPS) is 10.4. The highest BCUT2D eigenvalue weighted by Gasteiger charge is 2.16. The fraction of sp³-hybridized carbons (Fsp3) is 0.211. The van der Waals surface area contributed by atoms with Crippen LogP contribution in [0.15, 0.2) is 41.5 Å². The highest BCUT2D eigenvalue weighted by atomic mass is 16.5. The number of carbonyl (C=O) groups is 2. The average molecular weight is 372 g/mol. The Bertz CT molecular complexity index is 821. The summed E-state index contributed by atoms with van der Waals surface area (Å²) in [5.41, 5.74) is 3.85. The Hall–Kier alpha value is -3.55. The minimum absolute atomic E-state index is 0.294. The first kappa shape index (κ1) is 19.8. The second-order valence-electron chi connectivity index (χ2n) is 5.23. The van der Waals surface area contributed by atoms with E-state index in [4.69, 9.17) is 14.2 Å². The van der Waals surface area contributed by atoms with Crippen molar-refractivity contribution in [3.63, 3.8) is 0 Å². The van der Waals surface area contributed by atoms with Gasteiger partial charge in [-0.2, -0.15) is 5.10 Å². The molecule has 0 saturated carbocycles. The van der Waals surface area contributed by atoms with Gasteiger partial charge in [0.15, 0.2) is 11.5 Å². The number of hydrazone groups is 1. The fourth-order valence-electron chi connectivity index (χ4n) is 2.27. The summed E-state index contributed by atoms with van der Waals surface area (Å²) in [4.78, 5) is 23.7. The van der Waals surface area contributed by atoms with Gasteiger partial charge < -0.3 is 18.9 Å². The van der Waals surface area contributed by atoms with Gasteiger partial charge in [0, 0.05) is 5.56 Å². The van der Waals surface area contributed by atoms with Crippen LogP contribution in [0, 0.1) is 0 Å². The quantitative estimate of drug-likeness (QED) is 0.455. The molecule has 8 heteroatoms. The first-order valence-electron chi connectivity index (χ1n) is 7.85. The summed E-state index contributed by atoms with van der Waals surface area (Å²) in [5, 5.41) is 3.91. The monoisotopic (exact) mass is 372 g/mol. The van der Waals surface area contributed by atoms with E-state index in [0.717, 1.165) is 0 Å². The first-order chi connectivity index (χ1) is 13.0. The lowest BCUT2D eigenvalue weighted by atomic mass is 10.1. The smallest absolute Gasteiger partial charge is 0.337 e. The van der Waals surface area contributed by atoms with Crippen LogP contribution in [0.4, 0.5) is 0 Å². The van der Waals surface area contributed by atoms with Crippen LogP contribution in [0.2, 0.25) is 0 Å². The van der Waals surface area contributed by atoms with E-state index in [9.17, 15) is 9.59 Å². The molecule has 0 heterocycles. The molecule has 142 valence electrons. The molecule has 0 aliphatic carbocycles. The van der Waals surface area contributed by atoms with Crippen LogP contribution in [0.3, 0.4) is 0 Å². The molecule has 0 aliphatic heterocycles. The maximum Gasteiger partial charge on any atom is 0.337 e. The SMILES string of the molecule is COC(=O)c1ccc(/C=N/NC(=O)c2cc(OC)c(OC)c(OC)c2)cc1. The van der Waals surface area contributed by atoms with E-state index in [-0.39, 0.29) is 0 Å². The number of methoxy groups -OCH3 is 4. The fourth-order valence-corrected chi connectivity index (χ4v) is 2.27. The lowest BCUT2D eigenvalue weighted by Crippen LogP contribution is -2.18. The molecular formula is C19H20N2O6. The standard InChI is InChI=1S/C19H20N2O6/c1-24-15-9-14(10-16(25-2)17(15)26-3)18(22)21-20-11-12-5-7-13(8-6-12)19(23)27-4/h5-11H,1-4H3,(H,21,22)/b20-11+. The average Bonchev–Trinajstić information content (AvgIpc) is 2.72. The summed E-state index contributed by atoms with van der Waals surface area (Å²) >= 11 is 0. The number of hydrogen-bond acceptors (Lipinski definition) is 7. The summed E-state index contributed by atoms with van der Waals surface area (Å²) < 4.78 is 20.3. The van der Waals surface area contributed by atoms with Gasteiger partial charge in [-0.05, 0) is 29.8 Å². The zero-order valence-corrected chi connectivity index (χ0v) is 15.4. The molecule has 2 aromatic rings. The zero-order chi connectivity index (χ0) is 19.8. The van der Waals surface area contributed by atoms with Crippen molar-refractivity contribution in [1.82, 2.24) is 5.43 Å². The molecule has 0 bridgehead atoms. The summed E-state index contributed by atoms with van der Waals surface area (Å²) in [7, 11) is 5.73. The Labute approximate surface area is 156 Å². The molecule has 0 spiro atoms. The van der Waals surface area contributed by atoms with E-state index in [1.54, 1.807) is 24.3 Å². The van der Waals surface area contributed by atoms with Crippen molar-refractivity contribution in [3.8, 4) is 17.2 Å². The molecular weight excluding hydrogens is 352 g/mol. The molecule has 0 unspecified atom stereocenters. The van der Waals surface area contributed by atoms with Gasteiger partial charge in [0.2, 0.25) is 5.75 Å². The van der Waals surface area contributed by atoms with Crippen LogP contribution in [-0.4, -0.2) is 46.5 Å². The lowest BCUT2D eigenvalue weighted by Gasteiger charge is -2.13. The van der Waals surface area contributed by atoms with Crippen molar-refractivity contribution in [2.45, 2.75) is 0 Å². The van der Waals surface area contributed by atoms with Gasteiger partial charge in [0.05, 0.1) is 40.2 Å². The Kier molecular flexibility index (Phi) is 6.76. The predicted molar refractivity (Wildman–Crippen MR) is 98.9 cm³/mol. The van der Waals surface area contributed by atoms with E-state index in [1.807, 2.05) is 0 Å². The van der Waals surface area contributed by atoms with Crippen molar-refractivity contribution in [1.29, 1.82) is 0 Å². The molecule has 0 fully saturated rings. The number of ether oxygens (including phenoxy) is 4. The highest BCUT2D eigenvalue weighted by molar-refractivity contribution is 5.96. The van der Waals surface area contributed by atoms with Crippen molar-refractivity contribution in [2.24, 2.45) is 5.10 Å². The maximum absolute atomic E-state index is 12.3. The zero-order valence-electron chi connectivity index (χ0n) is 15.4. The number of nitrogens with zero attached hydrogens (tertiary/aromatic N) is 1. The number of amides is 1. The second-order valence-corrected chi connectivity index (χ2v) is 5.23. The molecule has 0 radical (unpaired) electrons. The maximum atomic E-state index is 12.3. The molecule has 0 aliphatic rings. The molecule has 27 heavy (non-hydrogen) atoms. The molecule has 8 nitrogen and oxygen atoms in total. The molecule has 1 amide bonds. The third-order valence-corrected chi connectivity index (χ3v) is 3.64. The van der Waals surface area contributed by atoms with Crippen LogP contribution in [0.5, 0.6) is 17.2 Å². The van der Waals surface area contributed by atoms with Crippen molar-refractivity contribution >= 4 is 18.1 Å². The summed E-state index contributed by atoms with van der Waals surface area (Å²) in [5.74, 6) is 0.255. The number of nitrogens with one attached hydrogen (secondary N) is 1. The van der Waals surface area contributed by atoms with Gasteiger partial charge in [-0.15, -0.1) is 0 Å². The molecule has 0 saturated heterocycles. The second kappa shape index (κ2) is 9.23. The Morgan fingerprint density at radius 2 is 1.48 bits per heavy atom. The Balaban J connectivity index is 2.11. The summed E-state index contributed by atoms with van der Waals surface area (Å²) in [6.45, 7) is 0. The molecule has 2 rings (SSSR count). The van der Waals surface area contributed by atoms with Gasteiger partial charge in [-0.1, -0.05) is 12.1 Å². The van der Waals surface area contributed by atoms with Crippen LogP contribution < -0.4 is 19.6 Å². The largest absolute Gasteiger partial charge is 0.493 e. The number of esters is 1. The van der Waals surface area contributed by atoms with Crippen LogP contribution >= 0.6 is 0 Å². The minimum atomic E-state index is -0.448. The van der Waals surface area contributed by atoms with Gasteiger partial charge in [0.1, 0.15) is 0 Å². The number of hydrogen-bond donors (Lipinski definition) is 1. The van der Waals surface area contributed by atoms with Gasteiger partial charge in [0.25, 0.3) is 5.91 Å². The Morgan fingerprint density at radius 3 is 1.96 bits per heavy atom. The van der Waals surface area contributed by atoms with Crippen molar-refractivity contribution in [2.75, 3.05) is 28.4 Å². The minimum Gasteiger partial charge on any atom is -0.493 e. The lowest BCUT2D eigenvalue weighted by molar-refractivity contribution is 0.0600. The van der Waals surface area contributed by atoms with Crippen LogP contribution in [0.25, 0.3) is 0 Å². The van der Waals surface area contributed by atoms with Crippen LogP contribution in [0.1, 0.15) is 26.3 Å². The third kappa shape index (κ3) is 4.75. The molecule has 1 N–H and O–H groups in total. The van der Waals surface area contributed by atoms with Gasteiger partial charge >= 0.3 is 5.97 Å². The van der Waals surface area contributed by atoms with Gasteiger partial charge in [-0.3, -0.25) is 4.79 Å². The summed E-state index contributed by atoms with van der Waals surface area (Å²) in [6.07, 6.45) is 1.46. The summed E-state index contributed by atoms with van der Waals surface area (Å²) in [6, 6.07) is 9.62. The third-order valence-electron chi connectivity index (χ3n) is 3.64. The predicted octanol–water partition coefficient (Wildman–Crippen LogP) is 2.26. The van der Waals surface area contributed by atoms with Crippen LogP contribution in [-0.2, 0) is 4.74 Å². The highest BCUT2D eigenvalue weighted by Crippen LogP contribution is 2.38. The van der Waals surface area contributed by atoms with Crippen molar-refractivity contribution < 1.29 is 28.5 Å².